The zero-order valence-corrected chi connectivity index (χ0v) is 20.7. The number of ether oxygens (including phenoxy) is 6. The van der Waals surface area contributed by atoms with Gasteiger partial charge < -0.3 is 28.4 Å². The Morgan fingerprint density at radius 2 is 1.67 bits per heavy atom. The molecular formula is C24H34N6O6. The van der Waals surface area contributed by atoms with Gasteiger partial charge in [0.15, 0.2) is 6.29 Å². The summed E-state index contributed by atoms with van der Waals surface area (Å²) in [4.78, 5) is 5.96. The van der Waals surface area contributed by atoms with Crippen molar-refractivity contribution in [2.75, 3.05) is 26.6 Å². The van der Waals surface area contributed by atoms with Gasteiger partial charge in [0.2, 0.25) is 0 Å². The lowest BCUT2D eigenvalue weighted by molar-refractivity contribution is -0.242. The summed E-state index contributed by atoms with van der Waals surface area (Å²) in [7, 11) is 0. The van der Waals surface area contributed by atoms with Crippen LogP contribution < -0.4 is 0 Å². The highest BCUT2D eigenvalue weighted by Crippen LogP contribution is 2.34. The molecule has 0 spiro atoms. The fraction of sp³-hybridized carbons (Fsp3) is 0.667. The second-order valence-corrected chi connectivity index (χ2v) is 8.19. The molecule has 0 radical (unpaired) electrons. The Kier molecular flexibility index (Phi) is 12.0. The van der Waals surface area contributed by atoms with Gasteiger partial charge in [0.25, 0.3) is 0 Å². The first-order valence-electron chi connectivity index (χ1n) is 12.3. The standard InChI is InChI=1S/C22H28N6O6.C2H6/c23-27-25-17-10-18(26-28-24)21(34-19-8-4-5-9-30-19)22(32-13-16-12-31-16)20(17)33-14-29-11-15-6-2-1-3-7-15;1-2/h1-7,16-22H,8-14H2;1-2H3/t16?,17-,18+,19?,20+,21-,22-;/m1./s1. The van der Waals surface area contributed by atoms with E-state index < -0.39 is 36.7 Å². The molecule has 196 valence electrons. The summed E-state index contributed by atoms with van der Waals surface area (Å²) in [5.74, 6) is 0. The van der Waals surface area contributed by atoms with Crippen molar-refractivity contribution in [3.63, 3.8) is 0 Å². The molecule has 7 atom stereocenters. The van der Waals surface area contributed by atoms with Gasteiger partial charge >= 0.3 is 0 Å². The van der Waals surface area contributed by atoms with Gasteiger partial charge in [-0.3, -0.25) is 0 Å². The van der Waals surface area contributed by atoms with E-state index in [1.807, 2.05) is 56.3 Å². The molecule has 1 aromatic rings. The molecule has 2 unspecified atom stereocenters. The zero-order valence-electron chi connectivity index (χ0n) is 20.7. The molecule has 36 heavy (non-hydrogen) atoms. The minimum absolute atomic E-state index is 0.0118. The van der Waals surface area contributed by atoms with E-state index in [4.69, 9.17) is 39.5 Å². The van der Waals surface area contributed by atoms with E-state index in [0.717, 1.165) is 5.56 Å². The smallest absolute Gasteiger partial charge is 0.161 e. The summed E-state index contributed by atoms with van der Waals surface area (Å²) in [6.07, 6.45) is 2.12. The minimum Gasteiger partial charge on any atom is -0.371 e. The lowest BCUT2D eigenvalue weighted by Crippen LogP contribution is -2.59. The predicted octanol–water partition coefficient (Wildman–Crippen LogP) is 4.81. The highest BCUT2D eigenvalue weighted by atomic mass is 16.7. The molecule has 0 aromatic heterocycles. The van der Waals surface area contributed by atoms with Crippen LogP contribution in [0, 0.1) is 0 Å². The van der Waals surface area contributed by atoms with Crippen molar-refractivity contribution in [1.82, 2.24) is 0 Å². The molecule has 12 heteroatoms. The summed E-state index contributed by atoms with van der Waals surface area (Å²) in [6, 6.07) is 8.44. The molecular weight excluding hydrogens is 468 g/mol. The van der Waals surface area contributed by atoms with Crippen molar-refractivity contribution in [1.29, 1.82) is 0 Å². The molecule has 2 aliphatic heterocycles. The first-order chi connectivity index (χ1) is 17.8. The Bertz CT molecular complexity index is 904. The minimum atomic E-state index is -0.696. The van der Waals surface area contributed by atoms with E-state index in [1.54, 1.807) is 0 Å². The fourth-order valence-corrected chi connectivity index (χ4v) is 4.08. The van der Waals surface area contributed by atoms with Gasteiger partial charge in [-0.25, -0.2) is 0 Å². The Morgan fingerprint density at radius 3 is 2.31 bits per heavy atom. The maximum Gasteiger partial charge on any atom is 0.161 e. The van der Waals surface area contributed by atoms with Crippen LogP contribution in [0.15, 0.2) is 52.7 Å². The van der Waals surface area contributed by atoms with Crippen molar-refractivity contribution in [3.05, 3.63) is 68.9 Å². The largest absolute Gasteiger partial charge is 0.371 e. The number of benzene rings is 1. The summed E-state index contributed by atoms with van der Waals surface area (Å²) in [5.41, 5.74) is 19.3. The van der Waals surface area contributed by atoms with E-state index in [9.17, 15) is 0 Å². The van der Waals surface area contributed by atoms with Crippen LogP contribution in [0.1, 0.15) is 32.3 Å². The van der Waals surface area contributed by atoms with Gasteiger partial charge in [0.1, 0.15) is 19.0 Å². The average molecular weight is 503 g/mol. The maximum absolute atomic E-state index is 9.17. The van der Waals surface area contributed by atoms with Gasteiger partial charge in [-0.1, -0.05) is 66.6 Å². The molecule has 12 nitrogen and oxygen atoms in total. The highest BCUT2D eigenvalue weighted by Gasteiger charge is 2.48. The van der Waals surface area contributed by atoms with Gasteiger partial charge in [-0.2, -0.15) is 0 Å². The van der Waals surface area contributed by atoms with Crippen molar-refractivity contribution in [3.8, 4) is 0 Å². The third-order valence-electron chi connectivity index (χ3n) is 5.80. The normalized spacial score (nSPS) is 30.8. The van der Waals surface area contributed by atoms with Gasteiger partial charge in [0, 0.05) is 16.2 Å². The molecule has 2 fully saturated rings. The lowest BCUT2D eigenvalue weighted by Gasteiger charge is -2.44. The molecule has 1 saturated carbocycles. The molecule has 0 bridgehead atoms. The van der Waals surface area contributed by atoms with E-state index in [1.165, 1.54) is 0 Å². The number of nitrogens with zero attached hydrogens (tertiary/aromatic N) is 6. The summed E-state index contributed by atoms with van der Waals surface area (Å²) < 4.78 is 35.1. The molecule has 0 N–H and O–H groups in total. The van der Waals surface area contributed by atoms with Gasteiger partial charge in [-0.15, -0.1) is 0 Å². The van der Waals surface area contributed by atoms with Crippen LogP contribution in [0.25, 0.3) is 20.9 Å². The third-order valence-corrected chi connectivity index (χ3v) is 5.80. The molecule has 1 aromatic carbocycles. The fourth-order valence-electron chi connectivity index (χ4n) is 4.08. The summed E-state index contributed by atoms with van der Waals surface area (Å²) in [6.45, 7) is 5.68. The molecule has 1 aliphatic carbocycles. The monoisotopic (exact) mass is 502 g/mol. The molecule has 2 heterocycles. The number of epoxide rings is 1. The Balaban J connectivity index is 0.00000176. The van der Waals surface area contributed by atoms with Crippen molar-refractivity contribution >= 4 is 0 Å². The number of rotatable bonds is 12. The van der Waals surface area contributed by atoms with Crippen molar-refractivity contribution in [2.45, 2.75) is 76.1 Å². The van der Waals surface area contributed by atoms with E-state index in [2.05, 4.69) is 20.1 Å². The molecule has 1 saturated heterocycles. The van der Waals surface area contributed by atoms with Crippen LogP contribution in [0.2, 0.25) is 0 Å². The quantitative estimate of drug-likeness (QED) is 0.0759. The van der Waals surface area contributed by atoms with Crippen LogP contribution in [-0.4, -0.2) is 69.4 Å². The van der Waals surface area contributed by atoms with Crippen LogP contribution in [0.3, 0.4) is 0 Å². The van der Waals surface area contributed by atoms with Crippen LogP contribution in [-0.2, 0) is 35.0 Å². The topological polar surface area (TPSA) is 156 Å². The predicted molar refractivity (Wildman–Crippen MR) is 131 cm³/mol. The van der Waals surface area contributed by atoms with Crippen LogP contribution in [0.5, 0.6) is 0 Å². The Labute approximate surface area is 210 Å². The Morgan fingerprint density at radius 1 is 0.944 bits per heavy atom. The average Bonchev–Trinajstić information content (AvgIpc) is 3.75. The summed E-state index contributed by atoms with van der Waals surface area (Å²) >= 11 is 0. The zero-order chi connectivity index (χ0) is 25.6. The molecule has 4 rings (SSSR count). The third kappa shape index (κ3) is 8.48. The van der Waals surface area contributed by atoms with Crippen molar-refractivity contribution < 1.29 is 28.4 Å². The maximum atomic E-state index is 9.17. The van der Waals surface area contributed by atoms with Crippen molar-refractivity contribution in [2.24, 2.45) is 10.2 Å². The van der Waals surface area contributed by atoms with E-state index in [-0.39, 0.29) is 19.3 Å². The van der Waals surface area contributed by atoms with Crippen LogP contribution in [0.4, 0.5) is 0 Å². The van der Waals surface area contributed by atoms with E-state index >= 15 is 0 Å². The second-order valence-electron chi connectivity index (χ2n) is 8.19. The number of hydrogen-bond acceptors (Lipinski definition) is 8. The van der Waals surface area contributed by atoms with Gasteiger partial charge in [0.05, 0.1) is 50.7 Å². The molecule has 3 aliphatic rings. The first kappa shape index (κ1) is 27.9. The van der Waals surface area contributed by atoms with Crippen LogP contribution >= 0.6 is 0 Å². The SMILES string of the molecule is CC.[N-]=[N+]=N[C@H]1C[C@@H](N=[N+]=[N-])[C@H](OCOCc2ccccc2)[C@@H](OCC2CO2)[C@@H]1OC1CC=CCO1. The molecule has 0 amide bonds. The summed E-state index contributed by atoms with van der Waals surface area (Å²) in [5, 5.41) is 7.84. The highest BCUT2D eigenvalue weighted by molar-refractivity contribution is 5.13. The van der Waals surface area contributed by atoms with Gasteiger partial charge in [-0.05, 0) is 23.0 Å². The first-order valence-corrected chi connectivity index (χ1v) is 12.3. The Hall–Kier alpha value is -2.66. The number of hydrogen-bond donors (Lipinski definition) is 0. The van der Waals surface area contributed by atoms with E-state index in [0.29, 0.717) is 32.8 Å². The lowest BCUT2D eigenvalue weighted by atomic mass is 9.84. The second kappa shape index (κ2) is 15.5. The number of azide groups is 2.